The van der Waals surface area contributed by atoms with E-state index in [-0.39, 0.29) is 0 Å². The second-order valence-corrected chi connectivity index (χ2v) is 5.01. The van der Waals surface area contributed by atoms with E-state index >= 15 is 0 Å². The van der Waals surface area contributed by atoms with Gasteiger partial charge >= 0.3 is 6.16 Å². The Bertz CT molecular complexity index is 530. The first-order valence-electron chi connectivity index (χ1n) is 6.53. The van der Waals surface area contributed by atoms with Crippen LogP contribution in [0.15, 0.2) is 36.6 Å². The molecule has 1 aromatic carbocycles. The second-order valence-electron chi connectivity index (χ2n) is 5.01. The van der Waals surface area contributed by atoms with E-state index in [1.54, 1.807) is 31.4 Å². The van der Waals surface area contributed by atoms with Gasteiger partial charge in [0.25, 0.3) is 0 Å². The molecule has 1 aromatic rings. The second kappa shape index (κ2) is 4.74. The van der Waals surface area contributed by atoms with E-state index in [1.807, 2.05) is 0 Å². The van der Waals surface area contributed by atoms with Crippen molar-refractivity contribution in [1.29, 1.82) is 0 Å². The van der Waals surface area contributed by atoms with Crippen LogP contribution in [0.4, 0.5) is 4.79 Å². The Morgan fingerprint density at radius 2 is 1.95 bits per heavy atom. The van der Waals surface area contributed by atoms with Gasteiger partial charge < -0.3 is 18.9 Å². The molecule has 5 heteroatoms. The Balaban J connectivity index is 1.70. The fourth-order valence-electron chi connectivity index (χ4n) is 2.54. The Hall–Kier alpha value is -2.17. The zero-order chi connectivity index (χ0) is 14.2. The van der Waals surface area contributed by atoms with Gasteiger partial charge in [-0.25, -0.2) is 4.79 Å². The Morgan fingerprint density at radius 3 is 2.50 bits per heavy atom. The number of hydrogen-bond donors (Lipinski definition) is 0. The predicted molar refractivity (Wildman–Crippen MR) is 70.7 cm³/mol. The van der Waals surface area contributed by atoms with Crippen LogP contribution in [-0.2, 0) is 9.47 Å². The normalized spacial score (nSPS) is 22.6. The van der Waals surface area contributed by atoms with E-state index in [9.17, 15) is 4.79 Å². The van der Waals surface area contributed by atoms with Crippen molar-refractivity contribution < 1.29 is 23.7 Å². The lowest BCUT2D eigenvalue weighted by Gasteiger charge is -2.38. The van der Waals surface area contributed by atoms with Gasteiger partial charge in [0.1, 0.15) is 17.3 Å². The molecule has 20 heavy (non-hydrogen) atoms. The van der Waals surface area contributed by atoms with Gasteiger partial charge in [0.05, 0.1) is 7.11 Å². The van der Waals surface area contributed by atoms with E-state index in [1.165, 1.54) is 0 Å². The highest BCUT2D eigenvalue weighted by molar-refractivity contribution is 5.64. The molecule has 1 unspecified atom stereocenters. The quantitative estimate of drug-likeness (QED) is 0.625. The minimum atomic E-state index is -0.644. The van der Waals surface area contributed by atoms with Crippen molar-refractivity contribution in [1.82, 2.24) is 0 Å². The van der Waals surface area contributed by atoms with E-state index in [2.05, 4.69) is 6.58 Å². The molecule has 1 spiro atoms. The molecule has 1 aliphatic carbocycles. The van der Waals surface area contributed by atoms with Crippen LogP contribution < -0.4 is 9.47 Å². The standard InChI is InChI=1S/C15H16O5/c1-10(18-12-6-4-11(17-2)5-7-12)13-15(8-3-9-15)20-14(16)19-13/h4-7,13H,1,3,8-9H2,2H3. The maximum Gasteiger partial charge on any atom is 0.509 e. The summed E-state index contributed by atoms with van der Waals surface area (Å²) in [5.74, 6) is 1.75. The molecule has 2 fully saturated rings. The minimum absolute atomic E-state index is 0.390. The summed E-state index contributed by atoms with van der Waals surface area (Å²) >= 11 is 0. The molecule has 1 atom stereocenters. The number of methoxy groups -OCH3 is 1. The lowest BCUT2D eigenvalue weighted by Crippen LogP contribution is -2.47. The summed E-state index contributed by atoms with van der Waals surface area (Å²) < 4.78 is 21.2. The van der Waals surface area contributed by atoms with Gasteiger partial charge in [-0.15, -0.1) is 0 Å². The number of hydrogen-bond acceptors (Lipinski definition) is 5. The van der Waals surface area contributed by atoms with Crippen molar-refractivity contribution in [3.05, 3.63) is 36.6 Å². The number of carbonyl (C=O) groups is 1. The number of benzene rings is 1. The van der Waals surface area contributed by atoms with Crippen LogP contribution in [0.3, 0.4) is 0 Å². The molecule has 1 heterocycles. The van der Waals surface area contributed by atoms with Gasteiger partial charge in [-0.2, -0.15) is 0 Å². The molecule has 1 saturated carbocycles. The van der Waals surface area contributed by atoms with Crippen LogP contribution in [0, 0.1) is 0 Å². The van der Waals surface area contributed by atoms with Gasteiger partial charge in [0.2, 0.25) is 6.10 Å². The molecule has 0 aromatic heterocycles. The van der Waals surface area contributed by atoms with Crippen molar-refractivity contribution in [3.8, 4) is 11.5 Å². The maximum absolute atomic E-state index is 11.3. The first-order chi connectivity index (χ1) is 9.63. The highest BCUT2D eigenvalue weighted by Gasteiger charge is 2.57. The monoisotopic (exact) mass is 276 g/mol. The van der Waals surface area contributed by atoms with E-state index in [4.69, 9.17) is 18.9 Å². The Labute approximate surface area is 117 Å². The summed E-state index contributed by atoms with van der Waals surface area (Å²) in [7, 11) is 1.60. The molecule has 106 valence electrons. The summed E-state index contributed by atoms with van der Waals surface area (Å²) in [6.45, 7) is 3.88. The van der Waals surface area contributed by atoms with Crippen molar-refractivity contribution in [2.24, 2.45) is 0 Å². The topological polar surface area (TPSA) is 54.0 Å². The Morgan fingerprint density at radius 1 is 1.30 bits per heavy atom. The number of cyclic esters (lactones) is 1. The van der Waals surface area contributed by atoms with Crippen molar-refractivity contribution in [2.45, 2.75) is 31.0 Å². The molecule has 3 rings (SSSR count). The third kappa shape index (κ3) is 2.09. The van der Waals surface area contributed by atoms with Crippen LogP contribution in [0.5, 0.6) is 11.5 Å². The van der Waals surface area contributed by atoms with Crippen LogP contribution in [0.2, 0.25) is 0 Å². The lowest BCUT2D eigenvalue weighted by atomic mass is 9.75. The predicted octanol–water partition coefficient (Wildman–Crippen LogP) is 3.05. The molecule has 0 radical (unpaired) electrons. The number of rotatable bonds is 4. The van der Waals surface area contributed by atoms with Crippen LogP contribution in [0.1, 0.15) is 19.3 Å². The van der Waals surface area contributed by atoms with Gasteiger partial charge in [-0.1, -0.05) is 6.58 Å². The molecule has 2 aliphatic rings. The maximum atomic E-state index is 11.3. The highest BCUT2D eigenvalue weighted by Crippen LogP contribution is 2.46. The number of ether oxygens (including phenoxy) is 4. The zero-order valence-electron chi connectivity index (χ0n) is 11.3. The van der Waals surface area contributed by atoms with Gasteiger partial charge in [0.15, 0.2) is 5.60 Å². The fraction of sp³-hybridized carbons (Fsp3) is 0.400. The highest BCUT2D eigenvalue weighted by atomic mass is 16.8. The van der Waals surface area contributed by atoms with Crippen molar-refractivity contribution in [3.63, 3.8) is 0 Å². The lowest BCUT2D eigenvalue weighted by molar-refractivity contribution is -0.0367. The molecule has 5 nitrogen and oxygen atoms in total. The SMILES string of the molecule is C=C(Oc1ccc(OC)cc1)C1OC(=O)OC12CCC2. The van der Waals surface area contributed by atoms with Crippen molar-refractivity contribution >= 4 is 6.16 Å². The molecular formula is C15H16O5. The summed E-state index contributed by atoms with van der Waals surface area (Å²) in [5, 5.41) is 0. The Kier molecular flexibility index (Phi) is 3.04. The van der Waals surface area contributed by atoms with Crippen LogP contribution in [-0.4, -0.2) is 25.0 Å². The third-order valence-corrected chi connectivity index (χ3v) is 3.78. The first-order valence-corrected chi connectivity index (χ1v) is 6.53. The molecule has 0 amide bonds. The average molecular weight is 276 g/mol. The summed E-state index contributed by atoms with van der Waals surface area (Å²) in [6, 6.07) is 7.13. The minimum Gasteiger partial charge on any atom is -0.497 e. The molecule has 1 aliphatic heterocycles. The zero-order valence-corrected chi connectivity index (χ0v) is 11.3. The van der Waals surface area contributed by atoms with Gasteiger partial charge in [0, 0.05) is 0 Å². The molecule has 0 bridgehead atoms. The average Bonchev–Trinajstić information content (AvgIpc) is 2.78. The van der Waals surface area contributed by atoms with Crippen molar-refractivity contribution in [2.75, 3.05) is 7.11 Å². The summed E-state index contributed by atoms with van der Waals surface area (Å²) in [4.78, 5) is 11.3. The molecule has 1 saturated heterocycles. The fourth-order valence-corrected chi connectivity index (χ4v) is 2.54. The first kappa shape index (κ1) is 12.8. The smallest absolute Gasteiger partial charge is 0.497 e. The van der Waals surface area contributed by atoms with E-state index in [0.29, 0.717) is 11.5 Å². The van der Waals surface area contributed by atoms with E-state index in [0.717, 1.165) is 25.0 Å². The molecule has 0 N–H and O–H groups in total. The van der Waals surface area contributed by atoms with Gasteiger partial charge in [-0.05, 0) is 43.5 Å². The molecular weight excluding hydrogens is 260 g/mol. The number of carbonyl (C=O) groups excluding carboxylic acids is 1. The van der Waals surface area contributed by atoms with Crippen LogP contribution in [0.25, 0.3) is 0 Å². The van der Waals surface area contributed by atoms with Gasteiger partial charge in [-0.3, -0.25) is 0 Å². The van der Waals surface area contributed by atoms with E-state index < -0.39 is 17.9 Å². The summed E-state index contributed by atoms with van der Waals surface area (Å²) in [5.41, 5.74) is -0.569. The largest absolute Gasteiger partial charge is 0.509 e. The third-order valence-electron chi connectivity index (χ3n) is 3.78. The van der Waals surface area contributed by atoms with Crippen LogP contribution >= 0.6 is 0 Å². The summed E-state index contributed by atoms with van der Waals surface area (Å²) in [6.07, 6.45) is 1.41.